The third-order valence-corrected chi connectivity index (χ3v) is 3.89. The Bertz CT molecular complexity index is 613. The summed E-state index contributed by atoms with van der Waals surface area (Å²) in [4.78, 5) is 11.2. The van der Waals surface area contributed by atoms with Crippen LogP contribution < -0.4 is 4.74 Å². The van der Waals surface area contributed by atoms with Crippen molar-refractivity contribution in [2.45, 2.75) is 20.0 Å². The number of nitrogens with zero attached hydrogens (tertiary/aromatic N) is 3. The first-order chi connectivity index (χ1) is 11.2. The average Bonchev–Trinajstić information content (AvgIpc) is 2.55. The molecule has 2 heterocycles. The van der Waals surface area contributed by atoms with E-state index in [9.17, 15) is 0 Å². The molecule has 1 aliphatic heterocycles. The van der Waals surface area contributed by atoms with E-state index in [0.717, 1.165) is 49.2 Å². The molecule has 0 spiro atoms. The number of hydrogen-bond acceptors (Lipinski definition) is 5. The molecule has 23 heavy (non-hydrogen) atoms. The van der Waals surface area contributed by atoms with Gasteiger partial charge in [0, 0.05) is 25.3 Å². The molecule has 0 bridgehead atoms. The number of para-hydroxylation sites is 1. The van der Waals surface area contributed by atoms with Crippen LogP contribution >= 0.6 is 0 Å². The smallest absolute Gasteiger partial charge is 0.125 e. The fourth-order valence-corrected chi connectivity index (χ4v) is 2.80. The number of aryl methyl sites for hydroxylation is 2. The molecule has 0 radical (unpaired) electrons. The predicted molar refractivity (Wildman–Crippen MR) is 88.6 cm³/mol. The molecule has 2 aromatic rings. The Morgan fingerprint density at radius 2 is 2.04 bits per heavy atom. The SMILES string of the molecule is Cc1cc(C2CN(CCOc3ccccc3)CCO2)nc(C)n1. The summed E-state index contributed by atoms with van der Waals surface area (Å²) in [6.07, 6.45) is 0.0147. The second kappa shape index (κ2) is 7.53. The van der Waals surface area contributed by atoms with Crippen LogP contribution in [0.5, 0.6) is 5.75 Å². The number of morpholine rings is 1. The zero-order valence-electron chi connectivity index (χ0n) is 13.7. The molecule has 0 amide bonds. The lowest BCUT2D eigenvalue weighted by atomic mass is 10.2. The normalized spacial score (nSPS) is 18.8. The first-order valence-corrected chi connectivity index (χ1v) is 8.05. The van der Waals surface area contributed by atoms with Gasteiger partial charge in [-0.15, -0.1) is 0 Å². The molecule has 3 rings (SSSR count). The summed E-state index contributed by atoms with van der Waals surface area (Å²) in [5.41, 5.74) is 1.96. The summed E-state index contributed by atoms with van der Waals surface area (Å²) in [5.74, 6) is 1.72. The van der Waals surface area contributed by atoms with Crippen molar-refractivity contribution in [3.8, 4) is 5.75 Å². The maximum Gasteiger partial charge on any atom is 0.125 e. The van der Waals surface area contributed by atoms with Crippen molar-refractivity contribution in [3.05, 3.63) is 53.6 Å². The van der Waals surface area contributed by atoms with Crippen molar-refractivity contribution in [2.24, 2.45) is 0 Å². The zero-order valence-corrected chi connectivity index (χ0v) is 13.7. The maximum atomic E-state index is 5.90. The van der Waals surface area contributed by atoms with Gasteiger partial charge in [0.05, 0.1) is 12.3 Å². The zero-order chi connectivity index (χ0) is 16.1. The summed E-state index contributed by atoms with van der Waals surface area (Å²) in [6, 6.07) is 11.9. The molecule has 122 valence electrons. The molecule has 0 N–H and O–H groups in total. The van der Waals surface area contributed by atoms with E-state index in [1.54, 1.807) is 0 Å². The molecule has 1 fully saturated rings. The monoisotopic (exact) mass is 313 g/mol. The van der Waals surface area contributed by atoms with Crippen molar-refractivity contribution < 1.29 is 9.47 Å². The van der Waals surface area contributed by atoms with Crippen LogP contribution in [0.15, 0.2) is 36.4 Å². The molecule has 1 saturated heterocycles. The van der Waals surface area contributed by atoms with Crippen molar-refractivity contribution in [1.29, 1.82) is 0 Å². The third-order valence-electron chi connectivity index (χ3n) is 3.89. The number of hydrogen-bond donors (Lipinski definition) is 0. The quantitative estimate of drug-likeness (QED) is 0.849. The topological polar surface area (TPSA) is 47.5 Å². The van der Waals surface area contributed by atoms with Crippen LogP contribution in [-0.2, 0) is 4.74 Å². The highest BCUT2D eigenvalue weighted by molar-refractivity contribution is 5.20. The van der Waals surface area contributed by atoms with Crippen LogP contribution in [0.4, 0.5) is 0 Å². The van der Waals surface area contributed by atoms with Gasteiger partial charge in [-0.2, -0.15) is 0 Å². The van der Waals surface area contributed by atoms with Crippen molar-refractivity contribution >= 4 is 0 Å². The predicted octanol–water partition coefficient (Wildman–Crippen LogP) is 2.55. The lowest BCUT2D eigenvalue weighted by Crippen LogP contribution is -2.40. The van der Waals surface area contributed by atoms with E-state index < -0.39 is 0 Å². The summed E-state index contributed by atoms with van der Waals surface area (Å²) >= 11 is 0. The van der Waals surface area contributed by atoms with Crippen LogP contribution in [0, 0.1) is 13.8 Å². The van der Waals surface area contributed by atoms with Gasteiger partial charge in [0.25, 0.3) is 0 Å². The Labute approximate surface area is 137 Å². The Kier molecular flexibility index (Phi) is 5.20. The minimum absolute atomic E-state index is 0.0147. The van der Waals surface area contributed by atoms with E-state index in [1.807, 2.05) is 50.2 Å². The van der Waals surface area contributed by atoms with Gasteiger partial charge in [0.2, 0.25) is 0 Å². The lowest BCUT2D eigenvalue weighted by molar-refractivity contribution is -0.0351. The van der Waals surface area contributed by atoms with Gasteiger partial charge in [-0.1, -0.05) is 18.2 Å². The third kappa shape index (κ3) is 4.50. The van der Waals surface area contributed by atoms with Gasteiger partial charge < -0.3 is 9.47 Å². The van der Waals surface area contributed by atoms with Crippen LogP contribution in [0.2, 0.25) is 0 Å². The van der Waals surface area contributed by atoms with E-state index in [2.05, 4.69) is 14.9 Å². The van der Waals surface area contributed by atoms with Gasteiger partial charge in [0.1, 0.15) is 24.3 Å². The molecule has 1 aromatic heterocycles. The summed E-state index contributed by atoms with van der Waals surface area (Å²) < 4.78 is 11.7. The molecule has 1 aliphatic rings. The van der Waals surface area contributed by atoms with Crippen LogP contribution in [0.3, 0.4) is 0 Å². The number of benzene rings is 1. The molecule has 0 saturated carbocycles. The molecule has 5 heteroatoms. The molecule has 1 atom stereocenters. The number of rotatable bonds is 5. The Balaban J connectivity index is 1.53. The largest absolute Gasteiger partial charge is 0.492 e. The first-order valence-electron chi connectivity index (χ1n) is 8.05. The summed E-state index contributed by atoms with van der Waals surface area (Å²) in [5, 5.41) is 0. The van der Waals surface area contributed by atoms with Crippen molar-refractivity contribution in [1.82, 2.24) is 14.9 Å². The van der Waals surface area contributed by atoms with Crippen molar-refractivity contribution in [2.75, 3.05) is 32.8 Å². The van der Waals surface area contributed by atoms with Crippen LogP contribution in [0.25, 0.3) is 0 Å². The lowest BCUT2D eigenvalue weighted by Gasteiger charge is -2.32. The molecular weight excluding hydrogens is 290 g/mol. The molecular formula is C18H23N3O2. The summed E-state index contributed by atoms with van der Waals surface area (Å²) in [6.45, 7) is 7.97. The minimum atomic E-state index is 0.0147. The van der Waals surface area contributed by atoms with E-state index in [1.165, 1.54) is 0 Å². The van der Waals surface area contributed by atoms with Crippen molar-refractivity contribution in [3.63, 3.8) is 0 Å². The molecule has 0 aliphatic carbocycles. The second-order valence-electron chi connectivity index (χ2n) is 5.80. The van der Waals surface area contributed by atoms with E-state index >= 15 is 0 Å². The second-order valence-corrected chi connectivity index (χ2v) is 5.80. The van der Waals surface area contributed by atoms with Crippen LogP contribution in [0.1, 0.15) is 23.3 Å². The Hall–Kier alpha value is -1.98. The molecule has 1 aromatic carbocycles. The standard InChI is InChI=1S/C18H23N3O2/c1-14-12-17(20-15(2)19-14)18-13-21(9-11-23-18)8-10-22-16-6-4-3-5-7-16/h3-7,12,18H,8-11,13H2,1-2H3. The molecule has 5 nitrogen and oxygen atoms in total. The molecule has 1 unspecified atom stereocenters. The maximum absolute atomic E-state index is 5.90. The highest BCUT2D eigenvalue weighted by atomic mass is 16.5. The average molecular weight is 313 g/mol. The summed E-state index contributed by atoms with van der Waals surface area (Å²) in [7, 11) is 0. The van der Waals surface area contributed by atoms with Gasteiger partial charge in [-0.3, -0.25) is 4.90 Å². The van der Waals surface area contributed by atoms with Gasteiger partial charge in [-0.05, 0) is 32.0 Å². The Morgan fingerprint density at radius 1 is 1.22 bits per heavy atom. The van der Waals surface area contributed by atoms with E-state index in [4.69, 9.17) is 9.47 Å². The van der Waals surface area contributed by atoms with Gasteiger partial charge >= 0.3 is 0 Å². The van der Waals surface area contributed by atoms with E-state index in [0.29, 0.717) is 6.61 Å². The highest BCUT2D eigenvalue weighted by Crippen LogP contribution is 2.21. The Morgan fingerprint density at radius 3 is 2.83 bits per heavy atom. The first kappa shape index (κ1) is 15.9. The fraction of sp³-hybridized carbons (Fsp3) is 0.444. The number of ether oxygens (including phenoxy) is 2. The number of aromatic nitrogens is 2. The minimum Gasteiger partial charge on any atom is -0.492 e. The van der Waals surface area contributed by atoms with E-state index in [-0.39, 0.29) is 6.10 Å². The van der Waals surface area contributed by atoms with Crippen LogP contribution in [-0.4, -0.2) is 47.7 Å². The van der Waals surface area contributed by atoms with Gasteiger partial charge in [-0.25, -0.2) is 9.97 Å². The van der Waals surface area contributed by atoms with Gasteiger partial charge in [0.15, 0.2) is 0 Å². The fourth-order valence-electron chi connectivity index (χ4n) is 2.80. The highest BCUT2D eigenvalue weighted by Gasteiger charge is 2.23.